The van der Waals surface area contributed by atoms with Gasteiger partial charge in [0.25, 0.3) is 0 Å². The summed E-state index contributed by atoms with van der Waals surface area (Å²) in [6.07, 6.45) is 1.02. The molecule has 1 heterocycles. The van der Waals surface area contributed by atoms with Crippen molar-refractivity contribution in [3.05, 3.63) is 0 Å². The van der Waals surface area contributed by atoms with Crippen molar-refractivity contribution >= 4 is 12.0 Å². The van der Waals surface area contributed by atoms with Gasteiger partial charge >= 0.3 is 0 Å². The minimum atomic E-state index is -0.296. The SMILES string of the molecule is COC1CN=CC1=O. The van der Waals surface area contributed by atoms with Gasteiger partial charge in [0.15, 0.2) is 0 Å². The lowest BCUT2D eigenvalue weighted by molar-refractivity contribution is -0.120. The smallest absolute Gasteiger partial charge is 0.203 e. The average Bonchev–Trinajstić information content (AvgIpc) is 2.14. The highest BCUT2D eigenvalue weighted by Gasteiger charge is 2.18. The van der Waals surface area contributed by atoms with E-state index in [2.05, 4.69) is 4.99 Å². The molecule has 0 N–H and O–H groups in total. The standard InChI is InChI=1S/C5H7NO2/c1-8-5-3-6-2-4(5)7/h2,5H,3H2,1H3. The molecule has 0 saturated heterocycles. The molecule has 1 rings (SSSR count). The van der Waals surface area contributed by atoms with Crippen molar-refractivity contribution < 1.29 is 9.53 Å². The van der Waals surface area contributed by atoms with Crippen LogP contribution in [0.4, 0.5) is 0 Å². The van der Waals surface area contributed by atoms with E-state index in [1.165, 1.54) is 13.3 Å². The Morgan fingerprint density at radius 3 is 3.00 bits per heavy atom. The van der Waals surface area contributed by atoms with Crippen LogP contribution < -0.4 is 0 Å². The number of rotatable bonds is 1. The number of hydrogen-bond acceptors (Lipinski definition) is 3. The van der Waals surface area contributed by atoms with E-state index < -0.39 is 0 Å². The molecule has 8 heavy (non-hydrogen) atoms. The van der Waals surface area contributed by atoms with Crippen LogP contribution in [-0.4, -0.2) is 31.8 Å². The van der Waals surface area contributed by atoms with Crippen LogP contribution >= 0.6 is 0 Å². The molecule has 0 bridgehead atoms. The number of hydrogen-bond donors (Lipinski definition) is 0. The maximum absolute atomic E-state index is 10.5. The maximum atomic E-state index is 10.5. The molecule has 0 radical (unpaired) electrons. The second-order valence-electron chi connectivity index (χ2n) is 1.62. The molecule has 1 unspecified atom stereocenters. The van der Waals surface area contributed by atoms with E-state index in [4.69, 9.17) is 4.74 Å². The minimum absolute atomic E-state index is 0.0208. The summed E-state index contributed by atoms with van der Waals surface area (Å²) in [5.74, 6) is -0.0208. The van der Waals surface area contributed by atoms with Crippen LogP contribution in [0.5, 0.6) is 0 Å². The lowest BCUT2D eigenvalue weighted by Gasteiger charge is -1.99. The molecule has 0 spiro atoms. The van der Waals surface area contributed by atoms with Crippen molar-refractivity contribution in [3.8, 4) is 0 Å². The van der Waals surface area contributed by atoms with Crippen LogP contribution in [0.2, 0.25) is 0 Å². The van der Waals surface area contributed by atoms with Gasteiger partial charge in [0.2, 0.25) is 5.78 Å². The second kappa shape index (κ2) is 2.05. The van der Waals surface area contributed by atoms with Gasteiger partial charge in [0.05, 0.1) is 12.8 Å². The average molecular weight is 113 g/mol. The molecule has 0 fully saturated rings. The van der Waals surface area contributed by atoms with Crippen molar-refractivity contribution in [1.29, 1.82) is 0 Å². The van der Waals surface area contributed by atoms with Gasteiger partial charge in [-0.25, -0.2) is 0 Å². The summed E-state index contributed by atoms with van der Waals surface area (Å²) >= 11 is 0. The number of aliphatic imine (C=N–C) groups is 1. The van der Waals surface area contributed by atoms with Crippen molar-refractivity contribution in [2.75, 3.05) is 13.7 Å². The molecule has 0 aromatic heterocycles. The Labute approximate surface area is 47.4 Å². The number of carbonyl (C=O) groups is 1. The number of ether oxygens (including phenoxy) is 1. The summed E-state index contributed by atoms with van der Waals surface area (Å²) in [5.41, 5.74) is 0. The van der Waals surface area contributed by atoms with Crippen molar-refractivity contribution in [1.82, 2.24) is 0 Å². The predicted octanol–water partition coefficient (Wildman–Crippen LogP) is -0.345. The van der Waals surface area contributed by atoms with E-state index in [0.29, 0.717) is 6.54 Å². The largest absolute Gasteiger partial charge is 0.371 e. The zero-order valence-electron chi connectivity index (χ0n) is 4.63. The molecule has 1 aliphatic rings. The van der Waals surface area contributed by atoms with Crippen LogP contribution in [0.3, 0.4) is 0 Å². The summed E-state index contributed by atoms with van der Waals surface area (Å²) < 4.78 is 4.75. The van der Waals surface area contributed by atoms with Crippen molar-refractivity contribution in [2.24, 2.45) is 4.99 Å². The van der Waals surface area contributed by atoms with Gasteiger partial charge in [-0.1, -0.05) is 0 Å². The van der Waals surface area contributed by atoms with E-state index in [9.17, 15) is 4.79 Å². The quantitative estimate of drug-likeness (QED) is 0.466. The summed E-state index contributed by atoms with van der Waals surface area (Å²) in [6, 6.07) is 0. The van der Waals surface area contributed by atoms with Gasteiger partial charge in [0.1, 0.15) is 6.10 Å². The van der Waals surface area contributed by atoms with E-state index in [1.54, 1.807) is 0 Å². The summed E-state index contributed by atoms with van der Waals surface area (Å²) in [5, 5.41) is 0. The summed E-state index contributed by atoms with van der Waals surface area (Å²) in [4.78, 5) is 14.2. The molecule has 1 atom stereocenters. The molecule has 0 amide bonds. The summed E-state index contributed by atoms with van der Waals surface area (Å²) in [7, 11) is 1.51. The summed E-state index contributed by atoms with van der Waals surface area (Å²) in [6.45, 7) is 0.495. The fourth-order valence-corrected chi connectivity index (χ4v) is 0.602. The van der Waals surface area contributed by atoms with Crippen LogP contribution in [0, 0.1) is 0 Å². The first-order valence-corrected chi connectivity index (χ1v) is 2.41. The van der Waals surface area contributed by atoms with Crippen LogP contribution in [0.25, 0.3) is 0 Å². The van der Waals surface area contributed by atoms with E-state index in [-0.39, 0.29) is 11.9 Å². The fourth-order valence-electron chi connectivity index (χ4n) is 0.602. The van der Waals surface area contributed by atoms with Gasteiger partial charge in [0, 0.05) is 7.11 Å². The molecule has 44 valence electrons. The van der Waals surface area contributed by atoms with Crippen LogP contribution in [-0.2, 0) is 9.53 Å². The number of carbonyl (C=O) groups excluding carboxylic acids is 1. The Kier molecular flexibility index (Phi) is 1.39. The maximum Gasteiger partial charge on any atom is 0.203 e. The fraction of sp³-hybridized carbons (Fsp3) is 0.600. The van der Waals surface area contributed by atoms with E-state index in [0.717, 1.165) is 0 Å². The Morgan fingerprint density at radius 2 is 2.75 bits per heavy atom. The minimum Gasteiger partial charge on any atom is -0.371 e. The lowest BCUT2D eigenvalue weighted by atomic mass is 10.3. The molecular formula is C5H7NO2. The highest BCUT2D eigenvalue weighted by molar-refractivity contribution is 6.31. The van der Waals surface area contributed by atoms with E-state index >= 15 is 0 Å². The first-order chi connectivity index (χ1) is 3.84. The predicted molar refractivity (Wildman–Crippen MR) is 29.2 cm³/mol. The van der Waals surface area contributed by atoms with Gasteiger partial charge < -0.3 is 4.74 Å². The zero-order chi connectivity index (χ0) is 5.98. The Balaban J connectivity index is 2.51. The van der Waals surface area contributed by atoms with E-state index in [1.807, 2.05) is 0 Å². The molecule has 1 aliphatic heterocycles. The van der Waals surface area contributed by atoms with Crippen molar-refractivity contribution in [2.45, 2.75) is 6.10 Å². The molecule has 3 nitrogen and oxygen atoms in total. The van der Waals surface area contributed by atoms with Crippen LogP contribution in [0.15, 0.2) is 4.99 Å². The number of nitrogens with zero attached hydrogens (tertiary/aromatic N) is 1. The van der Waals surface area contributed by atoms with Gasteiger partial charge in [-0.3, -0.25) is 9.79 Å². The second-order valence-corrected chi connectivity index (χ2v) is 1.62. The zero-order valence-corrected chi connectivity index (χ0v) is 4.63. The van der Waals surface area contributed by atoms with Gasteiger partial charge in [-0.05, 0) is 0 Å². The Morgan fingerprint density at radius 1 is 2.00 bits per heavy atom. The first-order valence-electron chi connectivity index (χ1n) is 2.41. The first kappa shape index (κ1) is 5.44. The Bertz CT molecular complexity index is 130. The highest BCUT2D eigenvalue weighted by atomic mass is 16.5. The lowest BCUT2D eigenvalue weighted by Crippen LogP contribution is -2.20. The number of ketones is 1. The third-order valence-corrected chi connectivity index (χ3v) is 1.09. The highest BCUT2D eigenvalue weighted by Crippen LogP contribution is 1.97. The third kappa shape index (κ3) is 0.767. The number of methoxy groups -OCH3 is 1. The normalized spacial score (nSPS) is 27.1. The Hall–Kier alpha value is -0.700. The molecule has 0 aromatic carbocycles. The molecule has 0 aromatic rings. The molecule has 0 aliphatic carbocycles. The molecule has 0 saturated carbocycles. The third-order valence-electron chi connectivity index (χ3n) is 1.09. The topological polar surface area (TPSA) is 38.7 Å². The van der Waals surface area contributed by atoms with Gasteiger partial charge in [-0.15, -0.1) is 0 Å². The number of Topliss-reactive ketones (excluding diaryl/α,β-unsaturated/α-hetero) is 1. The van der Waals surface area contributed by atoms with Crippen molar-refractivity contribution in [3.63, 3.8) is 0 Å². The molecule has 3 heteroatoms. The monoisotopic (exact) mass is 113 g/mol. The van der Waals surface area contributed by atoms with Gasteiger partial charge in [-0.2, -0.15) is 0 Å². The van der Waals surface area contributed by atoms with Crippen LogP contribution in [0.1, 0.15) is 0 Å². The molecular weight excluding hydrogens is 106 g/mol.